The molecule has 14 heavy (non-hydrogen) atoms. The minimum Gasteiger partial charge on any atom is -0.478 e. The Morgan fingerprint density at radius 2 is 2.14 bits per heavy atom. The molecule has 1 rings (SSSR count). The molecule has 0 amide bonds. The van der Waals surface area contributed by atoms with E-state index in [-0.39, 0.29) is 10.0 Å². The summed E-state index contributed by atoms with van der Waals surface area (Å²) in [7, 11) is 0. The summed E-state index contributed by atoms with van der Waals surface area (Å²) < 4.78 is 25.8. The van der Waals surface area contributed by atoms with Gasteiger partial charge in [-0.05, 0) is 34.1 Å². The zero-order valence-electron chi connectivity index (χ0n) is 6.80. The predicted molar refractivity (Wildman–Crippen MR) is 50.8 cm³/mol. The van der Waals surface area contributed by atoms with E-state index in [2.05, 4.69) is 15.9 Å². The Balaban J connectivity index is 3.09. The predicted octanol–water partition coefficient (Wildman–Crippen LogP) is 2.98. The Labute approximate surface area is 87.0 Å². The quantitative estimate of drug-likeness (QED) is 0.833. The normalized spacial score (nSPS) is 11.5. The minimum absolute atomic E-state index is 0.0145. The van der Waals surface area contributed by atoms with Crippen LogP contribution in [0.3, 0.4) is 0 Å². The maximum Gasteiger partial charge on any atom is 0.331 e. The average Bonchev–Trinajstić information content (AvgIpc) is 2.08. The van der Waals surface area contributed by atoms with Crippen LogP contribution in [0.15, 0.2) is 28.7 Å². The lowest BCUT2D eigenvalue weighted by Crippen LogP contribution is -1.90. The third-order valence-corrected chi connectivity index (χ3v) is 2.05. The molecule has 1 aromatic carbocycles. The fraction of sp³-hybridized carbons (Fsp3) is 0. The van der Waals surface area contributed by atoms with Gasteiger partial charge in [-0.3, -0.25) is 0 Å². The third-order valence-electron chi connectivity index (χ3n) is 1.45. The number of hydrogen-bond donors (Lipinski definition) is 1. The molecule has 0 heterocycles. The summed E-state index contributed by atoms with van der Waals surface area (Å²) >= 11 is 2.86. The largest absolute Gasteiger partial charge is 0.478 e. The topological polar surface area (TPSA) is 37.3 Å². The summed E-state index contributed by atoms with van der Waals surface area (Å²) in [6.45, 7) is 0. The van der Waals surface area contributed by atoms with Crippen LogP contribution in [0.5, 0.6) is 0 Å². The molecule has 0 atom stereocenters. The molecule has 2 nitrogen and oxygen atoms in total. The maximum absolute atomic E-state index is 13.0. The van der Waals surface area contributed by atoms with Crippen LogP contribution in [0.25, 0.3) is 5.83 Å². The summed E-state index contributed by atoms with van der Waals surface area (Å²) in [6, 6.07) is 3.38. The van der Waals surface area contributed by atoms with Crippen molar-refractivity contribution in [2.45, 2.75) is 0 Å². The first-order valence-electron chi connectivity index (χ1n) is 3.56. The van der Waals surface area contributed by atoms with Crippen molar-refractivity contribution in [3.63, 3.8) is 0 Å². The molecule has 0 aliphatic rings. The molecule has 0 aromatic heterocycles. The van der Waals surface area contributed by atoms with Crippen LogP contribution < -0.4 is 0 Å². The van der Waals surface area contributed by atoms with Crippen LogP contribution in [0.2, 0.25) is 0 Å². The molecule has 0 saturated heterocycles. The highest BCUT2D eigenvalue weighted by Crippen LogP contribution is 2.22. The van der Waals surface area contributed by atoms with E-state index in [1.54, 1.807) is 0 Å². The zero-order valence-corrected chi connectivity index (χ0v) is 8.38. The van der Waals surface area contributed by atoms with E-state index < -0.39 is 17.6 Å². The molecule has 0 unspecified atom stereocenters. The molecule has 74 valence electrons. The van der Waals surface area contributed by atoms with Crippen molar-refractivity contribution >= 4 is 27.7 Å². The Hall–Kier alpha value is -1.23. The number of rotatable bonds is 2. The lowest BCUT2D eigenvalue weighted by Gasteiger charge is -1.98. The Morgan fingerprint density at radius 1 is 1.50 bits per heavy atom. The zero-order chi connectivity index (χ0) is 10.7. The summed E-state index contributed by atoms with van der Waals surface area (Å²) in [6.07, 6.45) is 0.416. The lowest BCUT2D eigenvalue weighted by molar-refractivity contribution is -0.131. The smallest absolute Gasteiger partial charge is 0.331 e. The van der Waals surface area contributed by atoms with Gasteiger partial charge in [0.2, 0.25) is 0 Å². The van der Waals surface area contributed by atoms with Crippen molar-refractivity contribution in [1.82, 2.24) is 0 Å². The number of carboxylic acid groups (broad SMARTS) is 1. The standard InChI is InChI=1S/C9H5BrF2O2/c10-6-3-5(1-2-7(6)11)8(12)4-9(13)14/h1-4H,(H,13,14). The van der Waals surface area contributed by atoms with Crippen molar-refractivity contribution in [1.29, 1.82) is 0 Å². The molecule has 0 aliphatic heterocycles. The van der Waals surface area contributed by atoms with Crippen LogP contribution in [0.4, 0.5) is 8.78 Å². The van der Waals surface area contributed by atoms with Gasteiger partial charge in [-0.2, -0.15) is 0 Å². The van der Waals surface area contributed by atoms with E-state index in [1.807, 2.05) is 0 Å². The molecule has 0 saturated carbocycles. The highest BCUT2D eigenvalue weighted by atomic mass is 79.9. The first-order chi connectivity index (χ1) is 6.50. The van der Waals surface area contributed by atoms with Crippen molar-refractivity contribution in [2.75, 3.05) is 0 Å². The second kappa shape index (κ2) is 4.32. The molecule has 0 aliphatic carbocycles. The second-order valence-corrected chi connectivity index (χ2v) is 3.31. The van der Waals surface area contributed by atoms with Gasteiger partial charge in [0.15, 0.2) is 0 Å². The summed E-state index contributed by atoms with van der Waals surface area (Å²) in [5.74, 6) is -2.84. The first kappa shape index (κ1) is 10.8. The first-order valence-corrected chi connectivity index (χ1v) is 4.35. The monoisotopic (exact) mass is 262 g/mol. The maximum atomic E-state index is 13.0. The second-order valence-electron chi connectivity index (χ2n) is 2.46. The van der Waals surface area contributed by atoms with Gasteiger partial charge >= 0.3 is 5.97 Å². The average molecular weight is 263 g/mol. The van der Waals surface area contributed by atoms with E-state index in [1.165, 1.54) is 6.07 Å². The van der Waals surface area contributed by atoms with Crippen LogP contribution in [-0.2, 0) is 4.79 Å². The molecule has 5 heteroatoms. The molecule has 0 bridgehead atoms. The number of halogens is 3. The molecule has 0 spiro atoms. The molecule has 0 radical (unpaired) electrons. The highest BCUT2D eigenvalue weighted by molar-refractivity contribution is 9.10. The van der Waals surface area contributed by atoms with E-state index in [4.69, 9.17) is 5.11 Å². The SMILES string of the molecule is O=C(O)C=C(F)c1ccc(F)c(Br)c1. The van der Waals surface area contributed by atoms with Gasteiger partial charge in [-0.25, -0.2) is 13.6 Å². The lowest BCUT2D eigenvalue weighted by atomic mass is 10.2. The van der Waals surface area contributed by atoms with E-state index in [0.29, 0.717) is 6.08 Å². The number of carbonyl (C=O) groups is 1. The van der Waals surface area contributed by atoms with Crippen LogP contribution in [0, 0.1) is 5.82 Å². The highest BCUT2D eigenvalue weighted by Gasteiger charge is 2.06. The number of benzene rings is 1. The summed E-state index contributed by atoms with van der Waals surface area (Å²) in [5, 5.41) is 8.27. The Morgan fingerprint density at radius 3 is 2.64 bits per heavy atom. The van der Waals surface area contributed by atoms with Crippen molar-refractivity contribution in [2.24, 2.45) is 0 Å². The van der Waals surface area contributed by atoms with Crippen molar-refractivity contribution in [3.8, 4) is 0 Å². The van der Waals surface area contributed by atoms with Crippen LogP contribution in [0.1, 0.15) is 5.56 Å². The Kier molecular flexibility index (Phi) is 3.35. The molecule has 1 aromatic rings. The third kappa shape index (κ3) is 2.63. The number of hydrogen-bond acceptors (Lipinski definition) is 1. The van der Waals surface area contributed by atoms with Gasteiger partial charge in [0.1, 0.15) is 11.6 Å². The van der Waals surface area contributed by atoms with Gasteiger partial charge < -0.3 is 5.11 Å². The number of carboxylic acids is 1. The molecule has 0 fully saturated rings. The molecular formula is C9H5BrF2O2. The van der Waals surface area contributed by atoms with Crippen molar-refractivity contribution in [3.05, 3.63) is 40.1 Å². The van der Waals surface area contributed by atoms with Gasteiger partial charge in [0, 0.05) is 5.56 Å². The van der Waals surface area contributed by atoms with Gasteiger partial charge in [0.05, 0.1) is 10.5 Å². The van der Waals surface area contributed by atoms with Crippen LogP contribution >= 0.6 is 15.9 Å². The van der Waals surface area contributed by atoms with E-state index in [9.17, 15) is 13.6 Å². The summed E-state index contributed by atoms with van der Waals surface area (Å²) in [4.78, 5) is 10.1. The fourth-order valence-electron chi connectivity index (χ4n) is 0.836. The summed E-state index contributed by atoms with van der Waals surface area (Å²) in [5.41, 5.74) is 0.0145. The molecule has 1 N–H and O–H groups in total. The molecular weight excluding hydrogens is 258 g/mol. The van der Waals surface area contributed by atoms with E-state index in [0.717, 1.165) is 12.1 Å². The fourth-order valence-corrected chi connectivity index (χ4v) is 1.22. The Bertz CT molecular complexity index is 402. The van der Waals surface area contributed by atoms with Gasteiger partial charge in [0.25, 0.3) is 0 Å². The van der Waals surface area contributed by atoms with Gasteiger partial charge in [-0.15, -0.1) is 0 Å². The van der Waals surface area contributed by atoms with Crippen LogP contribution in [-0.4, -0.2) is 11.1 Å². The van der Waals surface area contributed by atoms with E-state index >= 15 is 0 Å². The van der Waals surface area contributed by atoms with Gasteiger partial charge in [-0.1, -0.05) is 0 Å². The number of aliphatic carboxylic acids is 1. The minimum atomic E-state index is -1.39. The van der Waals surface area contributed by atoms with Crippen molar-refractivity contribution < 1.29 is 18.7 Å².